The second-order valence-electron chi connectivity index (χ2n) is 6.76. The smallest absolute Gasteiger partial charge is 0.313 e. The third-order valence-electron chi connectivity index (χ3n) is 4.60. The van der Waals surface area contributed by atoms with E-state index < -0.39 is 11.8 Å². The number of ether oxygens (including phenoxy) is 1. The van der Waals surface area contributed by atoms with E-state index in [1.54, 1.807) is 31.4 Å². The summed E-state index contributed by atoms with van der Waals surface area (Å²) >= 11 is 0. The Morgan fingerprint density at radius 3 is 1.97 bits per heavy atom. The van der Waals surface area contributed by atoms with E-state index in [1.165, 1.54) is 24.3 Å². The van der Waals surface area contributed by atoms with Crippen molar-refractivity contribution in [2.24, 2.45) is 0 Å². The molecule has 3 N–H and O–H groups in total. The van der Waals surface area contributed by atoms with E-state index in [2.05, 4.69) is 10.6 Å². The zero-order chi connectivity index (χ0) is 22.2. The van der Waals surface area contributed by atoms with Gasteiger partial charge in [-0.2, -0.15) is 0 Å². The zero-order valence-electron chi connectivity index (χ0n) is 16.9. The lowest BCUT2D eigenvalue weighted by Crippen LogP contribution is -2.36. The van der Waals surface area contributed by atoms with Gasteiger partial charge in [0.1, 0.15) is 11.5 Å². The number of amides is 2. The minimum atomic E-state index is -0.785. The van der Waals surface area contributed by atoms with Crippen molar-refractivity contribution in [3.8, 4) is 11.5 Å². The van der Waals surface area contributed by atoms with E-state index in [1.807, 2.05) is 24.3 Å². The van der Waals surface area contributed by atoms with E-state index in [4.69, 9.17) is 4.74 Å². The molecule has 158 valence electrons. The van der Waals surface area contributed by atoms with Crippen molar-refractivity contribution in [3.05, 3.63) is 89.5 Å². The number of methoxy groups -OCH3 is 1. The van der Waals surface area contributed by atoms with Crippen LogP contribution in [0.5, 0.6) is 11.5 Å². The van der Waals surface area contributed by atoms with Gasteiger partial charge in [0.25, 0.3) is 0 Å². The summed E-state index contributed by atoms with van der Waals surface area (Å²) in [6.07, 6.45) is 0.580. The van der Waals surface area contributed by atoms with E-state index >= 15 is 0 Å². The van der Waals surface area contributed by atoms with Crippen LogP contribution >= 0.6 is 0 Å². The third-order valence-corrected chi connectivity index (χ3v) is 4.60. The summed E-state index contributed by atoms with van der Waals surface area (Å²) < 4.78 is 5.10. The maximum absolute atomic E-state index is 12.4. The molecule has 7 heteroatoms. The third kappa shape index (κ3) is 5.93. The first kappa shape index (κ1) is 21.6. The molecule has 0 aliphatic carbocycles. The summed E-state index contributed by atoms with van der Waals surface area (Å²) in [7, 11) is 1.59. The fourth-order valence-electron chi connectivity index (χ4n) is 2.87. The van der Waals surface area contributed by atoms with Crippen molar-refractivity contribution >= 4 is 23.3 Å². The molecule has 3 rings (SSSR count). The minimum Gasteiger partial charge on any atom is -0.508 e. The largest absolute Gasteiger partial charge is 0.508 e. The summed E-state index contributed by atoms with van der Waals surface area (Å²) in [5.74, 6) is -0.904. The number of benzene rings is 3. The highest BCUT2D eigenvalue weighted by molar-refractivity contribution is 6.39. The van der Waals surface area contributed by atoms with E-state index in [0.717, 1.165) is 11.3 Å². The lowest BCUT2D eigenvalue weighted by molar-refractivity contribution is -0.136. The summed E-state index contributed by atoms with van der Waals surface area (Å²) in [5, 5.41) is 14.4. The number of ketones is 1. The van der Waals surface area contributed by atoms with Crippen molar-refractivity contribution in [1.82, 2.24) is 5.32 Å². The first-order valence-corrected chi connectivity index (χ1v) is 9.62. The molecule has 0 saturated carbocycles. The zero-order valence-corrected chi connectivity index (χ0v) is 16.9. The summed E-state index contributed by atoms with van der Waals surface area (Å²) in [6, 6.07) is 19.6. The first-order valence-electron chi connectivity index (χ1n) is 9.62. The number of nitrogens with one attached hydrogen (secondary N) is 2. The molecule has 31 heavy (non-hydrogen) atoms. The van der Waals surface area contributed by atoms with E-state index in [9.17, 15) is 19.5 Å². The molecule has 0 heterocycles. The normalized spacial score (nSPS) is 10.2. The maximum atomic E-state index is 12.4. The van der Waals surface area contributed by atoms with Crippen molar-refractivity contribution in [2.75, 3.05) is 19.0 Å². The number of hydrogen-bond acceptors (Lipinski definition) is 5. The minimum absolute atomic E-state index is 0.0805. The average molecular weight is 418 g/mol. The van der Waals surface area contributed by atoms with E-state index in [-0.39, 0.29) is 11.5 Å². The molecule has 0 aromatic heterocycles. The number of phenolic OH excluding ortho intramolecular Hbond substituents is 1. The van der Waals surface area contributed by atoms with E-state index in [0.29, 0.717) is 29.8 Å². The predicted molar refractivity (Wildman–Crippen MR) is 116 cm³/mol. The molecule has 0 saturated heterocycles. The molecule has 3 aromatic carbocycles. The fraction of sp³-hybridized carbons (Fsp3) is 0.125. The van der Waals surface area contributed by atoms with Crippen LogP contribution in [-0.4, -0.2) is 36.4 Å². The fourth-order valence-corrected chi connectivity index (χ4v) is 2.87. The van der Waals surface area contributed by atoms with Crippen LogP contribution in [0.1, 0.15) is 21.5 Å². The Morgan fingerprint density at radius 1 is 0.806 bits per heavy atom. The van der Waals surface area contributed by atoms with Crippen LogP contribution in [0.15, 0.2) is 72.8 Å². The molecule has 0 atom stereocenters. The SMILES string of the molecule is COc1ccc(CCNC(=O)C(=O)Nc2ccc(C(=O)c3ccc(O)cc3)cc2)cc1. The number of anilines is 1. The Bertz CT molecular complexity index is 1060. The molecular formula is C24H22N2O5. The van der Waals surface area contributed by atoms with Gasteiger partial charge >= 0.3 is 11.8 Å². The number of aromatic hydroxyl groups is 1. The van der Waals surface area contributed by atoms with Gasteiger partial charge in [0.2, 0.25) is 0 Å². The standard InChI is InChI=1S/C24H22N2O5/c1-31-21-12-2-16(3-13-21)14-15-25-23(29)24(30)26-19-8-4-17(5-9-19)22(28)18-6-10-20(27)11-7-18/h2-13,27H,14-15H2,1H3,(H,25,29)(H,26,30). The molecule has 7 nitrogen and oxygen atoms in total. The van der Waals surface area contributed by atoms with Crippen LogP contribution in [0.25, 0.3) is 0 Å². The summed E-state index contributed by atoms with van der Waals surface area (Å²) in [4.78, 5) is 36.5. The molecule has 0 aliphatic rings. The second-order valence-corrected chi connectivity index (χ2v) is 6.76. The van der Waals surface area contributed by atoms with Gasteiger partial charge in [-0.1, -0.05) is 12.1 Å². The summed E-state index contributed by atoms with van der Waals surface area (Å²) in [6.45, 7) is 0.318. The Labute approximate surface area is 179 Å². The number of carbonyl (C=O) groups excluding carboxylic acids is 3. The maximum Gasteiger partial charge on any atom is 0.313 e. The number of phenols is 1. The van der Waals surface area contributed by atoms with Gasteiger partial charge in [0, 0.05) is 23.4 Å². The van der Waals surface area contributed by atoms with Gasteiger partial charge in [0.05, 0.1) is 7.11 Å². The molecule has 0 unspecified atom stereocenters. The van der Waals surface area contributed by atoms with Gasteiger partial charge < -0.3 is 20.5 Å². The first-order chi connectivity index (χ1) is 15.0. The Morgan fingerprint density at radius 2 is 1.39 bits per heavy atom. The Balaban J connectivity index is 1.49. The van der Waals surface area contributed by atoms with Gasteiger partial charge in [-0.25, -0.2) is 0 Å². The van der Waals surface area contributed by atoms with Crippen LogP contribution in [0.3, 0.4) is 0 Å². The lowest BCUT2D eigenvalue weighted by Gasteiger charge is -2.08. The Hall–Kier alpha value is -4.13. The van der Waals surface area contributed by atoms with Crippen LogP contribution in [0.2, 0.25) is 0 Å². The van der Waals surface area contributed by atoms with Crippen molar-refractivity contribution in [2.45, 2.75) is 6.42 Å². The lowest BCUT2D eigenvalue weighted by atomic mass is 10.0. The second kappa shape index (κ2) is 10.1. The highest BCUT2D eigenvalue weighted by Gasteiger charge is 2.14. The molecule has 0 fully saturated rings. The molecular weight excluding hydrogens is 396 g/mol. The predicted octanol–water partition coefficient (Wildman–Crippen LogP) is 2.93. The van der Waals surface area contributed by atoms with Crippen molar-refractivity contribution in [1.29, 1.82) is 0 Å². The van der Waals surface area contributed by atoms with Crippen molar-refractivity contribution < 1.29 is 24.2 Å². The average Bonchev–Trinajstić information content (AvgIpc) is 2.80. The van der Waals surface area contributed by atoms with Gasteiger partial charge in [0.15, 0.2) is 5.78 Å². The summed E-state index contributed by atoms with van der Waals surface area (Å²) in [5.41, 5.74) is 2.27. The van der Waals surface area contributed by atoms with Crippen LogP contribution < -0.4 is 15.4 Å². The van der Waals surface area contributed by atoms with Gasteiger partial charge in [-0.05, 0) is 72.6 Å². The highest BCUT2D eigenvalue weighted by atomic mass is 16.5. The molecule has 0 spiro atoms. The number of hydrogen-bond donors (Lipinski definition) is 3. The topological polar surface area (TPSA) is 105 Å². The number of carbonyl (C=O) groups is 3. The molecule has 3 aromatic rings. The highest BCUT2D eigenvalue weighted by Crippen LogP contribution is 2.16. The molecule has 2 amide bonds. The number of rotatable bonds is 7. The Kier molecular flexibility index (Phi) is 7.01. The van der Waals surface area contributed by atoms with Gasteiger partial charge in [-0.15, -0.1) is 0 Å². The van der Waals surface area contributed by atoms with Gasteiger partial charge in [-0.3, -0.25) is 14.4 Å². The quantitative estimate of drug-likeness (QED) is 0.404. The molecule has 0 bridgehead atoms. The monoisotopic (exact) mass is 418 g/mol. The van der Waals surface area contributed by atoms with Crippen LogP contribution in [0, 0.1) is 0 Å². The van der Waals surface area contributed by atoms with Crippen molar-refractivity contribution in [3.63, 3.8) is 0 Å². The molecule has 0 aliphatic heterocycles. The van der Waals surface area contributed by atoms with Crippen LogP contribution in [-0.2, 0) is 16.0 Å². The van der Waals surface area contributed by atoms with Crippen LogP contribution in [0.4, 0.5) is 5.69 Å². The molecule has 0 radical (unpaired) electrons.